The van der Waals surface area contributed by atoms with Crippen LogP contribution in [0.4, 0.5) is 0 Å². The third-order valence-corrected chi connectivity index (χ3v) is 5.54. The Morgan fingerprint density at radius 3 is 2.81 bits per heavy atom. The molecule has 0 spiro atoms. The second-order valence-electron chi connectivity index (χ2n) is 6.66. The van der Waals surface area contributed by atoms with Gasteiger partial charge >= 0.3 is 0 Å². The van der Waals surface area contributed by atoms with Gasteiger partial charge in [0, 0.05) is 30.6 Å². The lowest BCUT2D eigenvalue weighted by Gasteiger charge is -2.31. The van der Waals surface area contributed by atoms with Crippen molar-refractivity contribution in [1.29, 1.82) is 0 Å². The van der Waals surface area contributed by atoms with Crippen LogP contribution in [0.2, 0.25) is 0 Å². The summed E-state index contributed by atoms with van der Waals surface area (Å²) in [6.07, 6.45) is 12.7. The molecule has 5 nitrogen and oxygen atoms in total. The van der Waals surface area contributed by atoms with E-state index in [2.05, 4.69) is 33.5 Å². The fraction of sp³-hybridized carbons (Fsp3) is 0.350. The summed E-state index contributed by atoms with van der Waals surface area (Å²) in [6.45, 7) is 1.48. The quantitative estimate of drug-likeness (QED) is 0.714. The summed E-state index contributed by atoms with van der Waals surface area (Å²) in [5.41, 5.74) is 7.79. The molecule has 1 aliphatic rings. The maximum Gasteiger partial charge on any atom is 0.239 e. The zero-order valence-corrected chi connectivity index (χ0v) is 15.5. The second kappa shape index (κ2) is 8.87. The normalized spacial score (nSPS) is 20.2. The lowest BCUT2D eigenvalue weighted by Crippen LogP contribution is -2.37. The largest absolute Gasteiger partial charge is 0.368 e. The Labute approximate surface area is 158 Å². The summed E-state index contributed by atoms with van der Waals surface area (Å²) < 4.78 is 0. The standard InChI is InChI=1S/C20H24N4OS/c21-19(25)18(17-5-13-26-14-17)24-12-8-20(6-1-9-23-15-20)7-2-16-3-10-22-11-4-16/h1,3-6,9-11,13-14,18,24H,2,7-8,12,15H2,(H2,21,25). The second-order valence-corrected chi connectivity index (χ2v) is 7.44. The highest BCUT2D eigenvalue weighted by Gasteiger charge is 2.28. The van der Waals surface area contributed by atoms with E-state index in [-0.39, 0.29) is 11.3 Å². The van der Waals surface area contributed by atoms with Crippen LogP contribution in [-0.4, -0.2) is 30.2 Å². The predicted molar refractivity (Wildman–Crippen MR) is 106 cm³/mol. The van der Waals surface area contributed by atoms with Crippen LogP contribution in [0.5, 0.6) is 0 Å². The van der Waals surface area contributed by atoms with Gasteiger partial charge in [-0.15, -0.1) is 0 Å². The molecule has 2 aromatic heterocycles. The fourth-order valence-corrected chi connectivity index (χ4v) is 3.96. The zero-order valence-electron chi connectivity index (χ0n) is 14.7. The van der Waals surface area contributed by atoms with Gasteiger partial charge in [-0.05, 0) is 72.0 Å². The molecular formula is C20H24N4OS. The van der Waals surface area contributed by atoms with Gasteiger partial charge in [-0.3, -0.25) is 14.8 Å². The number of carbonyl (C=O) groups is 1. The molecule has 1 amide bonds. The minimum absolute atomic E-state index is 0.00185. The number of nitrogens with zero attached hydrogens (tertiary/aromatic N) is 2. The van der Waals surface area contributed by atoms with Crippen molar-refractivity contribution in [2.75, 3.05) is 13.1 Å². The first kappa shape index (κ1) is 18.5. The number of primary amides is 1. The number of hydrogen-bond donors (Lipinski definition) is 2. The first-order valence-corrected chi connectivity index (χ1v) is 9.74. The minimum atomic E-state index is -0.436. The van der Waals surface area contributed by atoms with Crippen molar-refractivity contribution in [3.05, 3.63) is 64.6 Å². The third kappa shape index (κ3) is 4.86. The molecule has 1 aliphatic heterocycles. The lowest BCUT2D eigenvalue weighted by atomic mass is 9.78. The molecule has 0 aliphatic carbocycles. The SMILES string of the molecule is NC(=O)C(NCCC1(CCc2ccncc2)C=CC=NC1)c1ccsc1. The Kier molecular flexibility index (Phi) is 6.30. The summed E-state index contributed by atoms with van der Waals surface area (Å²) in [4.78, 5) is 20.4. The van der Waals surface area contributed by atoms with Gasteiger partial charge in [-0.1, -0.05) is 6.08 Å². The monoisotopic (exact) mass is 368 g/mol. The van der Waals surface area contributed by atoms with Crippen molar-refractivity contribution in [2.45, 2.75) is 25.3 Å². The van der Waals surface area contributed by atoms with Crippen molar-refractivity contribution in [3.63, 3.8) is 0 Å². The number of nitrogens with two attached hydrogens (primary N) is 1. The fourth-order valence-electron chi connectivity index (χ4n) is 3.28. The molecule has 0 bridgehead atoms. The van der Waals surface area contributed by atoms with Gasteiger partial charge in [0.05, 0.1) is 0 Å². The Bertz CT molecular complexity index is 757. The van der Waals surface area contributed by atoms with Crippen molar-refractivity contribution in [1.82, 2.24) is 10.3 Å². The van der Waals surface area contributed by atoms with Gasteiger partial charge in [0.2, 0.25) is 5.91 Å². The van der Waals surface area contributed by atoms with E-state index >= 15 is 0 Å². The molecule has 2 atom stereocenters. The first-order chi connectivity index (χ1) is 12.7. The van der Waals surface area contributed by atoms with Crippen LogP contribution < -0.4 is 11.1 Å². The van der Waals surface area contributed by atoms with Crippen molar-refractivity contribution in [2.24, 2.45) is 16.1 Å². The summed E-state index contributed by atoms with van der Waals surface area (Å²) in [5.74, 6) is -0.341. The summed E-state index contributed by atoms with van der Waals surface area (Å²) in [5, 5.41) is 7.25. The highest BCUT2D eigenvalue weighted by Crippen LogP contribution is 2.32. The van der Waals surface area contributed by atoms with Crippen LogP contribution in [-0.2, 0) is 11.2 Å². The van der Waals surface area contributed by atoms with Gasteiger partial charge in [-0.25, -0.2) is 0 Å². The molecule has 3 heterocycles. The molecule has 0 saturated heterocycles. The number of rotatable bonds is 9. The van der Waals surface area contributed by atoms with E-state index < -0.39 is 6.04 Å². The third-order valence-electron chi connectivity index (χ3n) is 4.84. The summed E-state index contributed by atoms with van der Waals surface area (Å²) in [7, 11) is 0. The number of dihydropyridines is 1. The Morgan fingerprint density at radius 1 is 1.31 bits per heavy atom. The molecule has 2 unspecified atom stereocenters. The summed E-state index contributed by atoms with van der Waals surface area (Å²) >= 11 is 1.57. The van der Waals surface area contributed by atoms with E-state index in [4.69, 9.17) is 5.73 Å². The number of hydrogen-bond acceptors (Lipinski definition) is 5. The van der Waals surface area contributed by atoms with E-state index in [0.29, 0.717) is 6.54 Å². The average molecular weight is 369 g/mol. The smallest absolute Gasteiger partial charge is 0.239 e. The van der Waals surface area contributed by atoms with Crippen LogP contribution in [0.1, 0.15) is 30.0 Å². The van der Waals surface area contributed by atoms with E-state index in [9.17, 15) is 4.79 Å². The molecule has 0 aromatic carbocycles. The molecule has 6 heteroatoms. The average Bonchev–Trinajstić information content (AvgIpc) is 3.19. The first-order valence-electron chi connectivity index (χ1n) is 8.80. The Hall–Kier alpha value is -2.31. The van der Waals surface area contributed by atoms with Crippen molar-refractivity contribution >= 4 is 23.5 Å². The van der Waals surface area contributed by atoms with Crippen LogP contribution in [0.15, 0.2) is 58.5 Å². The number of amides is 1. The van der Waals surface area contributed by atoms with Gasteiger partial charge < -0.3 is 11.1 Å². The van der Waals surface area contributed by atoms with E-state index in [1.54, 1.807) is 11.3 Å². The number of aliphatic imine (C=N–C) groups is 1. The van der Waals surface area contributed by atoms with Gasteiger partial charge in [0.25, 0.3) is 0 Å². The van der Waals surface area contributed by atoms with Crippen LogP contribution in [0.25, 0.3) is 0 Å². The molecular weight excluding hydrogens is 344 g/mol. The number of aromatic nitrogens is 1. The molecule has 0 fully saturated rings. The van der Waals surface area contributed by atoms with Crippen LogP contribution in [0, 0.1) is 5.41 Å². The maximum atomic E-state index is 11.8. The van der Waals surface area contributed by atoms with Crippen LogP contribution >= 0.6 is 11.3 Å². The zero-order chi connectivity index (χ0) is 18.2. The van der Waals surface area contributed by atoms with E-state index in [0.717, 1.165) is 31.4 Å². The number of carbonyl (C=O) groups excluding carboxylic acids is 1. The number of aryl methyl sites for hydroxylation is 1. The van der Waals surface area contributed by atoms with Gasteiger partial charge in [-0.2, -0.15) is 11.3 Å². The minimum Gasteiger partial charge on any atom is -0.368 e. The number of allylic oxidation sites excluding steroid dienone is 1. The number of nitrogens with one attached hydrogen (secondary N) is 1. The molecule has 0 radical (unpaired) electrons. The highest BCUT2D eigenvalue weighted by atomic mass is 32.1. The van der Waals surface area contributed by atoms with E-state index in [1.807, 2.05) is 41.5 Å². The van der Waals surface area contributed by atoms with Gasteiger partial charge in [0.15, 0.2) is 0 Å². The number of thiophene rings is 1. The topological polar surface area (TPSA) is 80.4 Å². The molecule has 26 heavy (non-hydrogen) atoms. The number of pyridine rings is 1. The molecule has 136 valence electrons. The summed E-state index contributed by atoms with van der Waals surface area (Å²) in [6, 6.07) is 5.62. The van der Waals surface area contributed by atoms with Crippen LogP contribution in [0.3, 0.4) is 0 Å². The molecule has 2 aromatic rings. The lowest BCUT2D eigenvalue weighted by molar-refractivity contribution is -0.120. The maximum absolute atomic E-state index is 11.8. The molecule has 3 rings (SSSR count). The highest BCUT2D eigenvalue weighted by molar-refractivity contribution is 7.08. The predicted octanol–water partition coefficient (Wildman–Crippen LogP) is 2.91. The van der Waals surface area contributed by atoms with Crippen molar-refractivity contribution < 1.29 is 4.79 Å². The Balaban J connectivity index is 1.60. The van der Waals surface area contributed by atoms with E-state index in [1.165, 1.54) is 5.56 Å². The van der Waals surface area contributed by atoms with Gasteiger partial charge in [0.1, 0.15) is 6.04 Å². The Morgan fingerprint density at radius 2 is 2.15 bits per heavy atom. The molecule has 0 saturated carbocycles. The molecule has 3 N–H and O–H groups in total. The van der Waals surface area contributed by atoms with Crippen molar-refractivity contribution in [3.8, 4) is 0 Å².